The molecule has 0 radical (unpaired) electrons. The van der Waals surface area contributed by atoms with Crippen molar-refractivity contribution in [3.63, 3.8) is 0 Å². The molecule has 0 aliphatic rings. The second-order valence-corrected chi connectivity index (χ2v) is 4.26. The van der Waals surface area contributed by atoms with E-state index in [1.54, 1.807) is 6.92 Å². The van der Waals surface area contributed by atoms with Crippen LogP contribution in [0.3, 0.4) is 0 Å². The zero-order valence-corrected chi connectivity index (χ0v) is 11.4. The quantitative estimate of drug-likeness (QED) is 0.748. The lowest BCUT2D eigenvalue weighted by atomic mass is 10.1. The Morgan fingerprint density at radius 1 is 1.29 bits per heavy atom. The van der Waals surface area contributed by atoms with Crippen molar-refractivity contribution in [3.05, 3.63) is 29.3 Å². The molecule has 1 rings (SSSR count). The van der Waals surface area contributed by atoms with Gasteiger partial charge in [-0.25, -0.2) is 0 Å². The van der Waals surface area contributed by atoms with Gasteiger partial charge in [0.1, 0.15) is 0 Å². The van der Waals surface area contributed by atoms with Gasteiger partial charge >= 0.3 is 6.18 Å². The molecule has 2 amide bonds. The van der Waals surface area contributed by atoms with Crippen LogP contribution in [0.15, 0.2) is 18.2 Å². The summed E-state index contributed by atoms with van der Waals surface area (Å²) >= 11 is 0. The van der Waals surface area contributed by atoms with E-state index < -0.39 is 23.6 Å². The number of anilines is 1. The molecule has 0 spiro atoms. The van der Waals surface area contributed by atoms with E-state index in [0.29, 0.717) is 6.54 Å². The number of nitrogens with two attached hydrogens (primary N) is 1. The number of amides is 2. The van der Waals surface area contributed by atoms with Crippen LogP contribution in [0.4, 0.5) is 18.9 Å². The minimum absolute atomic E-state index is 0.0233. The zero-order chi connectivity index (χ0) is 16.0. The summed E-state index contributed by atoms with van der Waals surface area (Å²) in [4.78, 5) is 22.3. The number of nitrogens with one attached hydrogen (secondary N) is 2. The van der Waals surface area contributed by atoms with Gasteiger partial charge in [-0.05, 0) is 25.1 Å². The second-order valence-electron chi connectivity index (χ2n) is 4.26. The number of primary amides is 1. The normalized spacial score (nSPS) is 11.0. The molecule has 8 heteroatoms. The van der Waals surface area contributed by atoms with Crippen LogP contribution in [0.1, 0.15) is 29.3 Å². The predicted octanol–water partition coefficient (Wildman–Crippen LogP) is 1.74. The third-order valence-electron chi connectivity index (χ3n) is 2.61. The third-order valence-corrected chi connectivity index (χ3v) is 2.61. The van der Waals surface area contributed by atoms with Gasteiger partial charge in [0.25, 0.3) is 5.91 Å². The molecule has 4 N–H and O–H groups in total. The van der Waals surface area contributed by atoms with Crippen LogP contribution in [0.2, 0.25) is 0 Å². The summed E-state index contributed by atoms with van der Waals surface area (Å²) in [5, 5.41) is 4.93. The van der Waals surface area contributed by atoms with Gasteiger partial charge in [-0.2, -0.15) is 13.2 Å². The van der Waals surface area contributed by atoms with E-state index >= 15 is 0 Å². The molecular formula is C13H16F3N3O2. The second kappa shape index (κ2) is 6.96. The Kier molecular flexibility index (Phi) is 5.57. The Hall–Kier alpha value is -2.25. The molecular weight excluding hydrogens is 287 g/mol. The Labute approximate surface area is 119 Å². The Morgan fingerprint density at radius 2 is 1.95 bits per heavy atom. The fraction of sp³-hybridized carbons (Fsp3) is 0.385. The SMILES string of the molecule is CCNc1ccc(C(=O)NCCC(N)=O)cc1C(F)(F)F. The predicted molar refractivity (Wildman–Crippen MR) is 71.8 cm³/mol. The number of hydrogen-bond donors (Lipinski definition) is 3. The summed E-state index contributed by atoms with van der Waals surface area (Å²) in [6, 6.07) is 3.26. The van der Waals surface area contributed by atoms with Crippen molar-refractivity contribution < 1.29 is 22.8 Å². The van der Waals surface area contributed by atoms with Crippen LogP contribution >= 0.6 is 0 Å². The van der Waals surface area contributed by atoms with Crippen molar-refractivity contribution in [1.29, 1.82) is 0 Å². The summed E-state index contributed by atoms with van der Waals surface area (Å²) in [6.45, 7) is 1.97. The molecule has 1 aromatic rings. The fourth-order valence-electron chi connectivity index (χ4n) is 1.67. The van der Waals surface area contributed by atoms with Gasteiger partial charge in [-0.1, -0.05) is 0 Å². The minimum Gasteiger partial charge on any atom is -0.385 e. The largest absolute Gasteiger partial charge is 0.418 e. The van der Waals surface area contributed by atoms with E-state index in [-0.39, 0.29) is 24.2 Å². The summed E-state index contributed by atoms with van der Waals surface area (Å²) in [5.41, 5.74) is 3.78. The molecule has 0 fully saturated rings. The maximum Gasteiger partial charge on any atom is 0.418 e. The van der Waals surface area contributed by atoms with Crippen molar-refractivity contribution in [2.24, 2.45) is 5.73 Å². The maximum absolute atomic E-state index is 12.9. The average Bonchev–Trinajstić information content (AvgIpc) is 2.37. The summed E-state index contributed by atoms with van der Waals surface area (Å²) in [6.07, 6.45) is -4.64. The Bertz CT molecular complexity index is 530. The summed E-state index contributed by atoms with van der Waals surface area (Å²) in [7, 11) is 0. The van der Waals surface area contributed by atoms with Crippen LogP contribution in [0, 0.1) is 0 Å². The topological polar surface area (TPSA) is 84.2 Å². The molecule has 116 valence electrons. The highest BCUT2D eigenvalue weighted by Gasteiger charge is 2.34. The molecule has 0 aromatic heterocycles. The molecule has 0 saturated heterocycles. The molecule has 0 saturated carbocycles. The van der Waals surface area contributed by atoms with Gasteiger partial charge < -0.3 is 16.4 Å². The molecule has 0 heterocycles. The molecule has 5 nitrogen and oxygen atoms in total. The Balaban J connectivity index is 2.94. The minimum atomic E-state index is -4.57. The first kappa shape index (κ1) is 16.8. The van der Waals surface area contributed by atoms with Crippen LogP contribution in [-0.2, 0) is 11.0 Å². The number of rotatable bonds is 6. The molecule has 0 aliphatic heterocycles. The van der Waals surface area contributed by atoms with Gasteiger partial charge in [0.2, 0.25) is 5.91 Å². The number of hydrogen-bond acceptors (Lipinski definition) is 3. The average molecular weight is 303 g/mol. The number of carbonyl (C=O) groups excluding carboxylic acids is 2. The van der Waals surface area contributed by atoms with Gasteiger partial charge in [-0.15, -0.1) is 0 Å². The highest BCUT2D eigenvalue weighted by atomic mass is 19.4. The number of carbonyl (C=O) groups is 2. The van der Waals surface area contributed by atoms with Crippen LogP contribution in [0.25, 0.3) is 0 Å². The zero-order valence-electron chi connectivity index (χ0n) is 11.4. The molecule has 0 aliphatic carbocycles. The van der Waals surface area contributed by atoms with Gasteiger partial charge in [0.15, 0.2) is 0 Å². The molecule has 1 aromatic carbocycles. The van der Waals surface area contributed by atoms with Crippen molar-refractivity contribution in [1.82, 2.24) is 5.32 Å². The van der Waals surface area contributed by atoms with Crippen molar-refractivity contribution >= 4 is 17.5 Å². The first-order valence-corrected chi connectivity index (χ1v) is 6.27. The van der Waals surface area contributed by atoms with Crippen molar-refractivity contribution in [2.45, 2.75) is 19.5 Å². The lowest BCUT2D eigenvalue weighted by Crippen LogP contribution is -2.28. The first-order chi connectivity index (χ1) is 9.75. The fourth-order valence-corrected chi connectivity index (χ4v) is 1.67. The lowest BCUT2D eigenvalue weighted by Gasteiger charge is -2.15. The Morgan fingerprint density at radius 3 is 2.48 bits per heavy atom. The van der Waals surface area contributed by atoms with E-state index in [0.717, 1.165) is 6.07 Å². The maximum atomic E-state index is 12.9. The highest BCUT2D eigenvalue weighted by molar-refractivity contribution is 5.95. The molecule has 0 bridgehead atoms. The van der Waals surface area contributed by atoms with E-state index in [9.17, 15) is 22.8 Å². The summed E-state index contributed by atoms with van der Waals surface area (Å²) < 4.78 is 38.8. The van der Waals surface area contributed by atoms with Gasteiger partial charge in [-0.3, -0.25) is 9.59 Å². The molecule has 21 heavy (non-hydrogen) atoms. The van der Waals surface area contributed by atoms with Crippen LogP contribution in [-0.4, -0.2) is 24.9 Å². The first-order valence-electron chi connectivity index (χ1n) is 6.27. The van der Waals surface area contributed by atoms with Crippen LogP contribution in [0.5, 0.6) is 0 Å². The lowest BCUT2D eigenvalue weighted by molar-refractivity contribution is -0.137. The third kappa shape index (κ3) is 4.97. The highest BCUT2D eigenvalue weighted by Crippen LogP contribution is 2.35. The number of halogens is 3. The van der Waals surface area contributed by atoms with E-state index in [2.05, 4.69) is 10.6 Å². The van der Waals surface area contributed by atoms with Gasteiger partial charge in [0.05, 0.1) is 5.56 Å². The number of alkyl halides is 3. The van der Waals surface area contributed by atoms with E-state index in [1.807, 2.05) is 0 Å². The molecule has 0 unspecified atom stereocenters. The van der Waals surface area contributed by atoms with E-state index in [1.165, 1.54) is 12.1 Å². The monoisotopic (exact) mass is 303 g/mol. The van der Waals surface area contributed by atoms with Crippen LogP contribution < -0.4 is 16.4 Å². The number of benzene rings is 1. The van der Waals surface area contributed by atoms with Crippen molar-refractivity contribution in [2.75, 3.05) is 18.4 Å². The van der Waals surface area contributed by atoms with E-state index in [4.69, 9.17) is 5.73 Å². The smallest absolute Gasteiger partial charge is 0.385 e. The molecule has 0 atom stereocenters. The van der Waals surface area contributed by atoms with Crippen molar-refractivity contribution in [3.8, 4) is 0 Å². The summed E-state index contributed by atoms with van der Waals surface area (Å²) in [5.74, 6) is -1.29. The standard InChI is InChI=1S/C13H16F3N3O2/c1-2-18-10-4-3-8(7-9(10)13(14,15)16)12(21)19-6-5-11(17)20/h3-4,7,18H,2,5-6H2,1H3,(H2,17,20)(H,19,21). The van der Waals surface area contributed by atoms with Gasteiger partial charge in [0, 0.05) is 30.8 Å².